The van der Waals surface area contributed by atoms with Gasteiger partial charge in [0.05, 0.1) is 12.1 Å². The van der Waals surface area contributed by atoms with Crippen LogP contribution >= 0.6 is 0 Å². The van der Waals surface area contributed by atoms with Gasteiger partial charge < -0.3 is 15.2 Å². The number of aliphatic hydroxyl groups is 1. The Bertz CT molecular complexity index is 303. The molecule has 1 aliphatic carbocycles. The fourth-order valence-electron chi connectivity index (χ4n) is 3.47. The number of nitrogens with one attached hydrogen (secondary N) is 1. The summed E-state index contributed by atoms with van der Waals surface area (Å²) in [6.45, 7) is 8.27. The first-order chi connectivity index (χ1) is 8.23. The fraction of sp³-hybridized carbons (Fsp3) is 0.929. The highest BCUT2D eigenvalue weighted by Crippen LogP contribution is 2.43. The van der Waals surface area contributed by atoms with Gasteiger partial charge in [0, 0.05) is 7.11 Å². The molecular formula is C14H27NO3. The van der Waals surface area contributed by atoms with Crippen molar-refractivity contribution in [3.63, 3.8) is 0 Å². The van der Waals surface area contributed by atoms with E-state index in [1.807, 2.05) is 0 Å². The molecule has 0 spiro atoms. The van der Waals surface area contributed by atoms with Gasteiger partial charge in [-0.25, -0.2) is 0 Å². The van der Waals surface area contributed by atoms with Crippen LogP contribution in [-0.4, -0.2) is 36.4 Å². The second-order valence-corrected chi connectivity index (χ2v) is 6.66. The van der Waals surface area contributed by atoms with E-state index in [-0.39, 0.29) is 17.9 Å². The number of rotatable bonds is 4. The van der Waals surface area contributed by atoms with Crippen molar-refractivity contribution in [1.82, 2.24) is 5.32 Å². The number of hydrogen-bond acceptors (Lipinski definition) is 3. The van der Waals surface area contributed by atoms with Crippen LogP contribution in [0.1, 0.15) is 47.0 Å². The Balaban J connectivity index is 2.82. The Morgan fingerprint density at radius 1 is 1.50 bits per heavy atom. The number of carbonyl (C=O) groups excluding carboxylic acids is 1. The van der Waals surface area contributed by atoms with Gasteiger partial charge in [0.25, 0.3) is 0 Å². The summed E-state index contributed by atoms with van der Waals surface area (Å²) in [4.78, 5) is 12.0. The molecule has 3 atom stereocenters. The summed E-state index contributed by atoms with van der Waals surface area (Å²) in [5.41, 5.74) is -0.352. The van der Waals surface area contributed by atoms with Crippen molar-refractivity contribution in [3.05, 3.63) is 0 Å². The standard InChI is InChI=1S/C14H27NO3/c1-10-6-13(3,4)8-14(7-10,9-16)15-12(17)11(2)18-5/h10-11,16H,6-9H2,1-5H3,(H,15,17). The van der Waals surface area contributed by atoms with Gasteiger partial charge in [-0.1, -0.05) is 20.8 Å². The average Bonchev–Trinajstić information content (AvgIpc) is 2.24. The topological polar surface area (TPSA) is 58.6 Å². The molecule has 1 aliphatic rings. The van der Waals surface area contributed by atoms with E-state index in [2.05, 4.69) is 26.1 Å². The summed E-state index contributed by atoms with van der Waals surface area (Å²) >= 11 is 0. The first-order valence-corrected chi connectivity index (χ1v) is 6.69. The lowest BCUT2D eigenvalue weighted by atomic mass is 9.64. The van der Waals surface area contributed by atoms with Gasteiger partial charge in [-0.3, -0.25) is 4.79 Å². The molecule has 1 fully saturated rings. The Kier molecular flexibility index (Phi) is 4.78. The Hall–Kier alpha value is -0.610. The lowest BCUT2D eigenvalue weighted by Crippen LogP contribution is -2.58. The van der Waals surface area contributed by atoms with Crippen LogP contribution in [0.4, 0.5) is 0 Å². The Morgan fingerprint density at radius 3 is 2.56 bits per heavy atom. The van der Waals surface area contributed by atoms with Crippen LogP contribution in [0.2, 0.25) is 0 Å². The largest absolute Gasteiger partial charge is 0.394 e. The molecule has 106 valence electrons. The predicted octanol–water partition coefficient (Wildman–Crippen LogP) is 1.71. The van der Waals surface area contributed by atoms with Gasteiger partial charge in [0.2, 0.25) is 5.91 Å². The molecular weight excluding hydrogens is 230 g/mol. The maximum atomic E-state index is 12.0. The minimum atomic E-state index is -0.495. The molecule has 3 unspecified atom stereocenters. The average molecular weight is 257 g/mol. The Labute approximate surface area is 110 Å². The highest BCUT2D eigenvalue weighted by atomic mass is 16.5. The van der Waals surface area contributed by atoms with E-state index in [4.69, 9.17) is 4.74 Å². The van der Waals surface area contributed by atoms with Crippen LogP contribution in [0, 0.1) is 11.3 Å². The van der Waals surface area contributed by atoms with Crippen molar-refractivity contribution in [2.45, 2.75) is 58.6 Å². The summed E-state index contributed by atoms with van der Waals surface area (Å²) in [7, 11) is 1.52. The predicted molar refractivity (Wildman–Crippen MR) is 71.2 cm³/mol. The summed E-state index contributed by atoms with van der Waals surface area (Å²) in [5.74, 6) is 0.357. The molecule has 0 saturated heterocycles. The zero-order valence-electron chi connectivity index (χ0n) is 12.2. The van der Waals surface area contributed by atoms with Gasteiger partial charge >= 0.3 is 0 Å². The van der Waals surface area contributed by atoms with E-state index in [1.165, 1.54) is 7.11 Å². The van der Waals surface area contributed by atoms with Crippen molar-refractivity contribution in [2.24, 2.45) is 11.3 Å². The molecule has 1 rings (SSSR count). The minimum absolute atomic E-state index is 0.0110. The highest BCUT2D eigenvalue weighted by molar-refractivity contribution is 5.81. The Morgan fingerprint density at radius 2 is 2.11 bits per heavy atom. The number of aliphatic hydroxyl groups excluding tert-OH is 1. The molecule has 0 aromatic rings. The monoisotopic (exact) mass is 257 g/mol. The molecule has 0 aliphatic heterocycles. The van der Waals surface area contributed by atoms with E-state index in [0.29, 0.717) is 5.92 Å². The third-order valence-electron chi connectivity index (χ3n) is 3.87. The van der Waals surface area contributed by atoms with E-state index >= 15 is 0 Å². The number of amides is 1. The normalized spacial score (nSPS) is 32.9. The lowest BCUT2D eigenvalue weighted by Gasteiger charge is -2.47. The van der Waals surface area contributed by atoms with Crippen molar-refractivity contribution >= 4 is 5.91 Å². The van der Waals surface area contributed by atoms with E-state index in [1.54, 1.807) is 6.92 Å². The van der Waals surface area contributed by atoms with Crippen LogP contribution in [-0.2, 0) is 9.53 Å². The first-order valence-electron chi connectivity index (χ1n) is 6.69. The van der Waals surface area contributed by atoms with E-state index < -0.39 is 11.6 Å². The van der Waals surface area contributed by atoms with Crippen molar-refractivity contribution < 1.29 is 14.6 Å². The molecule has 4 heteroatoms. The second-order valence-electron chi connectivity index (χ2n) is 6.66. The minimum Gasteiger partial charge on any atom is -0.394 e. The number of hydrogen-bond donors (Lipinski definition) is 2. The summed E-state index contributed by atoms with van der Waals surface area (Å²) in [6, 6.07) is 0. The molecule has 0 aromatic carbocycles. The van der Waals surface area contributed by atoms with Crippen LogP contribution in [0.15, 0.2) is 0 Å². The molecule has 0 radical (unpaired) electrons. The smallest absolute Gasteiger partial charge is 0.249 e. The first kappa shape index (κ1) is 15.4. The molecule has 1 amide bonds. The highest BCUT2D eigenvalue weighted by Gasteiger charge is 2.43. The van der Waals surface area contributed by atoms with Gasteiger partial charge in [0.15, 0.2) is 0 Å². The van der Waals surface area contributed by atoms with E-state index in [0.717, 1.165) is 19.3 Å². The van der Waals surface area contributed by atoms with Gasteiger partial charge in [-0.2, -0.15) is 0 Å². The van der Waals surface area contributed by atoms with Gasteiger partial charge in [-0.05, 0) is 37.5 Å². The van der Waals surface area contributed by atoms with Crippen LogP contribution in [0.5, 0.6) is 0 Å². The summed E-state index contributed by atoms with van der Waals surface area (Å²) in [5, 5.41) is 12.7. The zero-order valence-corrected chi connectivity index (χ0v) is 12.2. The third-order valence-corrected chi connectivity index (χ3v) is 3.87. The van der Waals surface area contributed by atoms with Crippen molar-refractivity contribution in [2.75, 3.05) is 13.7 Å². The molecule has 0 aromatic heterocycles. The summed E-state index contributed by atoms with van der Waals surface area (Å²) < 4.78 is 5.03. The molecule has 2 N–H and O–H groups in total. The quantitative estimate of drug-likeness (QED) is 0.806. The maximum Gasteiger partial charge on any atom is 0.249 e. The molecule has 0 bridgehead atoms. The van der Waals surface area contributed by atoms with Crippen molar-refractivity contribution in [1.29, 1.82) is 0 Å². The van der Waals surface area contributed by atoms with Gasteiger partial charge in [0.1, 0.15) is 6.10 Å². The van der Waals surface area contributed by atoms with Crippen LogP contribution in [0.3, 0.4) is 0 Å². The van der Waals surface area contributed by atoms with Crippen LogP contribution < -0.4 is 5.32 Å². The lowest BCUT2D eigenvalue weighted by molar-refractivity contribution is -0.134. The maximum absolute atomic E-state index is 12.0. The van der Waals surface area contributed by atoms with E-state index in [9.17, 15) is 9.90 Å². The molecule has 1 saturated carbocycles. The zero-order chi connectivity index (χ0) is 14.0. The number of methoxy groups -OCH3 is 1. The van der Waals surface area contributed by atoms with Crippen LogP contribution in [0.25, 0.3) is 0 Å². The SMILES string of the molecule is COC(C)C(=O)NC1(CO)CC(C)CC(C)(C)C1. The number of ether oxygens (including phenoxy) is 1. The fourth-order valence-corrected chi connectivity index (χ4v) is 3.47. The third kappa shape index (κ3) is 3.69. The summed E-state index contributed by atoms with van der Waals surface area (Å²) in [6.07, 6.45) is 2.29. The van der Waals surface area contributed by atoms with Crippen molar-refractivity contribution in [3.8, 4) is 0 Å². The van der Waals surface area contributed by atoms with Gasteiger partial charge in [-0.15, -0.1) is 0 Å². The second kappa shape index (κ2) is 5.57. The molecule has 4 nitrogen and oxygen atoms in total. The number of carbonyl (C=O) groups is 1. The molecule has 18 heavy (non-hydrogen) atoms. The molecule has 0 heterocycles.